The first kappa shape index (κ1) is 8.13. The Morgan fingerprint density at radius 3 is 2.82 bits per heavy atom. The smallest absolute Gasteiger partial charge is 0.106 e. The van der Waals surface area contributed by atoms with E-state index < -0.39 is 0 Å². The van der Waals surface area contributed by atoms with Crippen LogP contribution in [0.5, 0.6) is 0 Å². The van der Waals surface area contributed by atoms with Crippen molar-refractivity contribution in [3.05, 3.63) is 10.6 Å². The van der Waals surface area contributed by atoms with E-state index >= 15 is 0 Å². The van der Waals surface area contributed by atoms with Gasteiger partial charge in [-0.05, 0) is 25.4 Å². The molecule has 1 rings (SSSR count). The van der Waals surface area contributed by atoms with E-state index in [1.165, 1.54) is 18.6 Å². The molecule has 5 heteroatoms. The fourth-order valence-electron chi connectivity index (χ4n) is 0.740. The molecule has 0 saturated carbocycles. The van der Waals surface area contributed by atoms with Crippen molar-refractivity contribution in [3.8, 4) is 0 Å². The van der Waals surface area contributed by atoms with E-state index in [4.69, 9.17) is 0 Å². The minimum Gasteiger partial charge on any atom is -0.399 e. The Hall–Kier alpha value is -0.970. The largest absolute Gasteiger partial charge is 0.399 e. The van der Waals surface area contributed by atoms with Gasteiger partial charge in [-0.15, -0.1) is 5.10 Å². The summed E-state index contributed by atoms with van der Waals surface area (Å²) in [5.74, 6) is 0. The Morgan fingerprint density at radius 1 is 1.64 bits per heavy atom. The fourth-order valence-corrected chi connectivity index (χ4v) is 1.33. The third-order valence-corrected chi connectivity index (χ3v) is 2.15. The lowest BCUT2D eigenvalue weighted by molar-refractivity contribution is 0.213. The predicted molar refractivity (Wildman–Crippen MR) is 43.9 cm³/mol. The van der Waals surface area contributed by atoms with Crippen LogP contribution in [0.15, 0.2) is 5.16 Å². The number of aryl methyl sites for hydroxylation is 1. The van der Waals surface area contributed by atoms with Gasteiger partial charge in [0.05, 0.1) is 16.3 Å². The highest BCUT2D eigenvalue weighted by molar-refractivity contribution is 7.08. The van der Waals surface area contributed by atoms with Crippen molar-refractivity contribution in [1.82, 2.24) is 9.59 Å². The first-order chi connectivity index (χ1) is 5.25. The predicted octanol–water partition coefficient (Wildman–Crippen LogP) is 1.22. The Bertz CT molecular complexity index is 269. The summed E-state index contributed by atoms with van der Waals surface area (Å²) >= 11 is 1.33. The molecular formula is C6H9N3OS. The number of rotatable bonds is 2. The second-order valence-corrected chi connectivity index (χ2v) is 2.80. The maximum absolute atomic E-state index is 4.62. The van der Waals surface area contributed by atoms with E-state index in [0.717, 1.165) is 16.3 Å². The van der Waals surface area contributed by atoms with Crippen LogP contribution < -0.4 is 0 Å². The first-order valence-corrected chi connectivity index (χ1v) is 3.90. The highest BCUT2D eigenvalue weighted by atomic mass is 32.1. The first-order valence-electron chi connectivity index (χ1n) is 3.12. The van der Waals surface area contributed by atoms with Crippen LogP contribution in [0.4, 0.5) is 0 Å². The van der Waals surface area contributed by atoms with Gasteiger partial charge in [0, 0.05) is 0 Å². The van der Waals surface area contributed by atoms with Crippen molar-refractivity contribution in [1.29, 1.82) is 0 Å². The summed E-state index contributed by atoms with van der Waals surface area (Å²) in [7, 11) is 1.52. The lowest BCUT2D eigenvalue weighted by atomic mass is 10.3. The zero-order valence-corrected chi connectivity index (χ0v) is 7.47. The topological polar surface area (TPSA) is 47.4 Å². The van der Waals surface area contributed by atoms with Crippen LogP contribution in [0.2, 0.25) is 0 Å². The van der Waals surface area contributed by atoms with Gasteiger partial charge in [-0.25, -0.2) is 0 Å². The van der Waals surface area contributed by atoms with Crippen molar-refractivity contribution in [2.24, 2.45) is 5.16 Å². The summed E-state index contributed by atoms with van der Waals surface area (Å²) in [6, 6.07) is 0. The Labute approximate surface area is 69.0 Å². The molecule has 0 aliphatic heterocycles. The highest BCUT2D eigenvalue weighted by Crippen LogP contribution is 2.10. The highest BCUT2D eigenvalue weighted by Gasteiger charge is 2.05. The van der Waals surface area contributed by atoms with E-state index in [-0.39, 0.29) is 0 Å². The normalized spacial score (nSPS) is 11.7. The number of nitrogens with zero attached hydrogens (tertiary/aromatic N) is 3. The molecule has 0 bridgehead atoms. The van der Waals surface area contributed by atoms with Gasteiger partial charge >= 0.3 is 0 Å². The lowest BCUT2D eigenvalue weighted by Gasteiger charge is -1.93. The summed E-state index contributed by atoms with van der Waals surface area (Å²) in [6.07, 6.45) is 0. The van der Waals surface area contributed by atoms with E-state index in [2.05, 4.69) is 19.6 Å². The molecule has 0 unspecified atom stereocenters. The monoisotopic (exact) mass is 171 g/mol. The molecule has 0 atom stereocenters. The SMILES string of the molecule is CO/N=C(/C)c1snnc1C. The molecule has 1 aromatic heterocycles. The maximum atomic E-state index is 4.62. The molecule has 1 heterocycles. The van der Waals surface area contributed by atoms with Gasteiger partial charge in [0.25, 0.3) is 0 Å². The van der Waals surface area contributed by atoms with Gasteiger partial charge in [0.1, 0.15) is 7.11 Å². The molecule has 0 aliphatic carbocycles. The van der Waals surface area contributed by atoms with Gasteiger partial charge in [-0.1, -0.05) is 9.64 Å². The molecule has 0 spiro atoms. The molecule has 0 saturated heterocycles. The minimum atomic E-state index is 0.819. The molecule has 0 aromatic carbocycles. The van der Waals surface area contributed by atoms with E-state index in [9.17, 15) is 0 Å². The molecular weight excluding hydrogens is 162 g/mol. The third-order valence-electron chi connectivity index (χ3n) is 1.21. The molecule has 4 nitrogen and oxygen atoms in total. The quantitative estimate of drug-likeness (QED) is 0.496. The van der Waals surface area contributed by atoms with Crippen LogP contribution in [0, 0.1) is 6.92 Å². The van der Waals surface area contributed by atoms with Gasteiger partial charge < -0.3 is 4.84 Å². The van der Waals surface area contributed by atoms with Crippen LogP contribution in [0.3, 0.4) is 0 Å². The average Bonchev–Trinajstić information content (AvgIpc) is 2.36. The molecule has 60 valence electrons. The van der Waals surface area contributed by atoms with Crippen molar-refractivity contribution in [2.75, 3.05) is 7.11 Å². The molecule has 11 heavy (non-hydrogen) atoms. The Morgan fingerprint density at radius 2 is 2.36 bits per heavy atom. The van der Waals surface area contributed by atoms with Gasteiger partial charge in [-0.3, -0.25) is 0 Å². The van der Waals surface area contributed by atoms with E-state index in [1.807, 2.05) is 13.8 Å². The van der Waals surface area contributed by atoms with Crippen molar-refractivity contribution >= 4 is 17.2 Å². The summed E-state index contributed by atoms with van der Waals surface area (Å²) < 4.78 is 3.78. The maximum Gasteiger partial charge on any atom is 0.106 e. The number of hydrogen-bond donors (Lipinski definition) is 0. The van der Waals surface area contributed by atoms with Crippen LogP contribution in [-0.4, -0.2) is 22.4 Å². The number of hydrogen-bond acceptors (Lipinski definition) is 5. The van der Waals surface area contributed by atoms with E-state index in [1.54, 1.807) is 0 Å². The van der Waals surface area contributed by atoms with E-state index in [0.29, 0.717) is 0 Å². The molecule has 0 amide bonds. The van der Waals surface area contributed by atoms with Crippen LogP contribution in [0.1, 0.15) is 17.5 Å². The fraction of sp³-hybridized carbons (Fsp3) is 0.500. The number of aromatic nitrogens is 2. The summed E-state index contributed by atoms with van der Waals surface area (Å²) in [5, 5.41) is 7.63. The molecule has 0 N–H and O–H groups in total. The summed E-state index contributed by atoms with van der Waals surface area (Å²) in [6.45, 7) is 3.76. The minimum absolute atomic E-state index is 0.819. The van der Waals surface area contributed by atoms with Gasteiger partial charge in [0.2, 0.25) is 0 Å². The zero-order chi connectivity index (χ0) is 8.27. The van der Waals surface area contributed by atoms with Crippen molar-refractivity contribution in [2.45, 2.75) is 13.8 Å². The third kappa shape index (κ3) is 1.74. The second kappa shape index (κ2) is 3.43. The van der Waals surface area contributed by atoms with Crippen molar-refractivity contribution < 1.29 is 4.84 Å². The second-order valence-electron chi connectivity index (χ2n) is 2.05. The van der Waals surface area contributed by atoms with Gasteiger partial charge in [0.15, 0.2) is 0 Å². The Kier molecular flexibility index (Phi) is 2.53. The molecule has 1 aromatic rings. The molecule has 0 fully saturated rings. The lowest BCUT2D eigenvalue weighted by Crippen LogP contribution is -1.94. The van der Waals surface area contributed by atoms with Crippen LogP contribution in [-0.2, 0) is 4.84 Å². The zero-order valence-electron chi connectivity index (χ0n) is 6.66. The van der Waals surface area contributed by atoms with Gasteiger partial charge in [-0.2, -0.15) is 0 Å². The van der Waals surface area contributed by atoms with Crippen LogP contribution in [0.25, 0.3) is 0 Å². The summed E-state index contributed by atoms with van der Waals surface area (Å²) in [5.41, 5.74) is 1.72. The standard InChI is InChI=1S/C6H9N3OS/c1-4-6(11-9-7-4)5(2)8-10-3/h1-3H3/b8-5-. The average molecular weight is 171 g/mol. The molecule has 0 aliphatic rings. The molecule has 0 radical (unpaired) electrons. The number of oxime groups is 1. The van der Waals surface area contributed by atoms with Crippen LogP contribution >= 0.6 is 11.5 Å². The summed E-state index contributed by atoms with van der Waals surface area (Å²) in [4.78, 5) is 5.60. The van der Waals surface area contributed by atoms with Crippen molar-refractivity contribution in [3.63, 3.8) is 0 Å². The Balaban J connectivity index is 2.92.